The van der Waals surface area contributed by atoms with E-state index in [9.17, 15) is 18.3 Å². The molecule has 0 saturated carbocycles. The highest BCUT2D eigenvalue weighted by molar-refractivity contribution is 5.11. The lowest BCUT2D eigenvalue weighted by Gasteiger charge is -2.11. The van der Waals surface area contributed by atoms with Crippen LogP contribution in [0.4, 0.5) is 13.2 Å². The van der Waals surface area contributed by atoms with Gasteiger partial charge in [-0.05, 0) is 24.5 Å². The number of pyridine rings is 1. The summed E-state index contributed by atoms with van der Waals surface area (Å²) >= 11 is 0. The van der Waals surface area contributed by atoms with Crippen molar-refractivity contribution in [1.29, 1.82) is 0 Å². The Balaban J connectivity index is 2.15. The van der Waals surface area contributed by atoms with Crippen LogP contribution < -0.4 is 0 Å². The van der Waals surface area contributed by atoms with Crippen molar-refractivity contribution in [3.8, 4) is 0 Å². The molecule has 1 unspecified atom stereocenters. The molecule has 0 bridgehead atoms. The summed E-state index contributed by atoms with van der Waals surface area (Å²) in [5.41, 5.74) is 0.656. The van der Waals surface area contributed by atoms with Gasteiger partial charge in [0.15, 0.2) is 0 Å². The van der Waals surface area contributed by atoms with Crippen LogP contribution in [0.1, 0.15) is 24.5 Å². The summed E-state index contributed by atoms with van der Waals surface area (Å²) < 4.78 is 39.6. The molecule has 0 radical (unpaired) electrons. The minimum absolute atomic E-state index is 0.0170. The SMILES string of the molecule is OC(CCCOCC(F)(F)F)c1cccnc1. The van der Waals surface area contributed by atoms with E-state index in [2.05, 4.69) is 9.72 Å². The first-order valence-corrected chi connectivity index (χ1v) is 5.21. The molecule has 0 spiro atoms. The Morgan fingerprint density at radius 2 is 2.18 bits per heavy atom. The highest BCUT2D eigenvalue weighted by Crippen LogP contribution is 2.18. The standard InChI is InChI=1S/C11H14F3NO2/c12-11(13,14)8-17-6-2-4-10(16)9-3-1-5-15-7-9/h1,3,5,7,10,16H,2,4,6,8H2. The molecule has 0 aliphatic heterocycles. The number of aliphatic hydroxyl groups is 1. The van der Waals surface area contributed by atoms with Crippen molar-refractivity contribution in [2.75, 3.05) is 13.2 Å². The lowest BCUT2D eigenvalue weighted by atomic mass is 10.1. The van der Waals surface area contributed by atoms with Crippen LogP contribution in [0.15, 0.2) is 24.5 Å². The first-order valence-electron chi connectivity index (χ1n) is 5.21. The van der Waals surface area contributed by atoms with Crippen molar-refractivity contribution in [3.63, 3.8) is 0 Å². The molecule has 0 aliphatic rings. The van der Waals surface area contributed by atoms with Gasteiger partial charge in [-0.25, -0.2) is 0 Å². The number of alkyl halides is 3. The average molecular weight is 249 g/mol. The van der Waals surface area contributed by atoms with E-state index in [4.69, 9.17) is 0 Å². The van der Waals surface area contributed by atoms with E-state index in [0.717, 1.165) is 0 Å². The second kappa shape index (κ2) is 6.56. The molecule has 1 N–H and O–H groups in total. The van der Waals surface area contributed by atoms with Crippen molar-refractivity contribution >= 4 is 0 Å². The number of rotatable bonds is 6. The zero-order valence-electron chi connectivity index (χ0n) is 9.15. The summed E-state index contributed by atoms with van der Waals surface area (Å²) in [5.74, 6) is 0. The van der Waals surface area contributed by atoms with Gasteiger partial charge in [-0.1, -0.05) is 6.07 Å². The fourth-order valence-electron chi connectivity index (χ4n) is 1.31. The molecule has 6 heteroatoms. The summed E-state index contributed by atoms with van der Waals surface area (Å²) in [6, 6.07) is 3.41. The third kappa shape index (κ3) is 6.23. The molecule has 0 saturated heterocycles. The van der Waals surface area contributed by atoms with E-state index in [1.807, 2.05) is 0 Å². The summed E-state index contributed by atoms with van der Waals surface area (Å²) in [4.78, 5) is 3.84. The van der Waals surface area contributed by atoms with Gasteiger partial charge in [-0.15, -0.1) is 0 Å². The summed E-state index contributed by atoms with van der Waals surface area (Å²) in [7, 11) is 0. The number of aromatic nitrogens is 1. The average Bonchev–Trinajstić information content (AvgIpc) is 2.28. The smallest absolute Gasteiger partial charge is 0.388 e. The van der Waals surface area contributed by atoms with Gasteiger partial charge in [0.25, 0.3) is 0 Å². The molecular weight excluding hydrogens is 235 g/mol. The molecule has 1 heterocycles. The minimum atomic E-state index is -4.29. The molecule has 0 amide bonds. The molecular formula is C11H14F3NO2. The molecule has 0 fully saturated rings. The molecule has 1 aromatic rings. The van der Waals surface area contributed by atoms with Crippen LogP contribution in [0.25, 0.3) is 0 Å². The van der Waals surface area contributed by atoms with Crippen LogP contribution in [0.3, 0.4) is 0 Å². The van der Waals surface area contributed by atoms with Crippen LogP contribution in [0.2, 0.25) is 0 Å². The summed E-state index contributed by atoms with van der Waals surface area (Å²) in [6.45, 7) is -1.26. The molecule has 1 rings (SSSR count). The number of nitrogens with zero attached hydrogens (tertiary/aromatic N) is 1. The fraction of sp³-hybridized carbons (Fsp3) is 0.545. The van der Waals surface area contributed by atoms with Gasteiger partial charge in [0.2, 0.25) is 0 Å². The Morgan fingerprint density at radius 1 is 1.41 bits per heavy atom. The van der Waals surface area contributed by atoms with E-state index in [0.29, 0.717) is 18.4 Å². The van der Waals surface area contributed by atoms with Crippen LogP contribution in [-0.4, -0.2) is 29.5 Å². The Morgan fingerprint density at radius 3 is 2.76 bits per heavy atom. The van der Waals surface area contributed by atoms with Gasteiger partial charge in [0.1, 0.15) is 6.61 Å². The number of hydrogen-bond donors (Lipinski definition) is 1. The van der Waals surface area contributed by atoms with Crippen molar-refractivity contribution in [2.24, 2.45) is 0 Å². The first-order chi connectivity index (χ1) is 7.99. The van der Waals surface area contributed by atoms with Gasteiger partial charge in [0, 0.05) is 19.0 Å². The third-order valence-corrected chi connectivity index (χ3v) is 2.10. The van der Waals surface area contributed by atoms with Crippen molar-refractivity contribution < 1.29 is 23.0 Å². The molecule has 0 aliphatic carbocycles. The van der Waals surface area contributed by atoms with Crippen molar-refractivity contribution in [1.82, 2.24) is 4.98 Å². The van der Waals surface area contributed by atoms with Crippen molar-refractivity contribution in [3.05, 3.63) is 30.1 Å². The predicted molar refractivity (Wildman–Crippen MR) is 55.3 cm³/mol. The largest absolute Gasteiger partial charge is 0.411 e. The normalized spacial score (nSPS) is 13.6. The zero-order valence-corrected chi connectivity index (χ0v) is 9.15. The highest BCUT2D eigenvalue weighted by atomic mass is 19.4. The van der Waals surface area contributed by atoms with Crippen LogP contribution in [0, 0.1) is 0 Å². The number of ether oxygens (including phenoxy) is 1. The van der Waals surface area contributed by atoms with Gasteiger partial charge >= 0.3 is 6.18 Å². The molecule has 1 atom stereocenters. The van der Waals surface area contributed by atoms with Gasteiger partial charge in [0.05, 0.1) is 6.10 Å². The summed E-state index contributed by atoms with van der Waals surface area (Å²) in [6.07, 6.45) is -1.17. The van der Waals surface area contributed by atoms with Gasteiger partial charge < -0.3 is 9.84 Å². The van der Waals surface area contributed by atoms with Crippen molar-refractivity contribution in [2.45, 2.75) is 25.1 Å². The molecule has 3 nitrogen and oxygen atoms in total. The minimum Gasteiger partial charge on any atom is -0.388 e. The molecule has 96 valence electrons. The number of halogens is 3. The lowest BCUT2D eigenvalue weighted by molar-refractivity contribution is -0.174. The molecule has 0 aromatic carbocycles. The Hall–Kier alpha value is -1.14. The maximum atomic E-state index is 11.7. The van der Waals surface area contributed by atoms with Gasteiger partial charge in [-0.3, -0.25) is 4.98 Å². The highest BCUT2D eigenvalue weighted by Gasteiger charge is 2.27. The summed E-state index contributed by atoms with van der Waals surface area (Å²) in [5, 5.41) is 9.66. The topological polar surface area (TPSA) is 42.4 Å². The van der Waals surface area contributed by atoms with E-state index in [1.165, 1.54) is 6.20 Å². The molecule has 1 aromatic heterocycles. The number of aliphatic hydroxyl groups excluding tert-OH is 1. The van der Waals surface area contributed by atoms with E-state index in [1.54, 1.807) is 18.3 Å². The quantitative estimate of drug-likeness (QED) is 0.787. The maximum absolute atomic E-state index is 11.7. The first kappa shape index (κ1) is 13.9. The zero-order chi connectivity index (χ0) is 12.7. The lowest BCUT2D eigenvalue weighted by Crippen LogP contribution is -2.17. The monoisotopic (exact) mass is 249 g/mol. The predicted octanol–water partition coefficient (Wildman–Crippen LogP) is 2.47. The second-order valence-electron chi connectivity index (χ2n) is 3.61. The van der Waals surface area contributed by atoms with Crippen LogP contribution >= 0.6 is 0 Å². The third-order valence-electron chi connectivity index (χ3n) is 2.10. The van der Waals surface area contributed by atoms with Crippen LogP contribution in [0.5, 0.6) is 0 Å². The van der Waals surface area contributed by atoms with E-state index >= 15 is 0 Å². The maximum Gasteiger partial charge on any atom is 0.411 e. The Kier molecular flexibility index (Phi) is 5.37. The van der Waals surface area contributed by atoms with Gasteiger partial charge in [-0.2, -0.15) is 13.2 Å². The van der Waals surface area contributed by atoms with E-state index < -0.39 is 18.9 Å². The molecule has 17 heavy (non-hydrogen) atoms. The Bertz CT molecular complexity index is 316. The van der Waals surface area contributed by atoms with E-state index in [-0.39, 0.29) is 6.61 Å². The number of hydrogen-bond acceptors (Lipinski definition) is 3. The Labute approximate surface area is 97.2 Å². The van der Waals surface area contributed by atoms with Crippen LogP contribution in [-0.2, 0) is 4.74 Å². The fourth-order valence-corrected chi connectivity index (χ4v) is 1.31. The second-order valence-corrected chi connectivity index (χ2v) is 3.61.